The number of carbonyl (C=O) groups excluding carboxylic acids is 1. The van der Waals surface area contributed by atoms with Crippen molar-refractivity contribution >= 4 is 38.8 Å². The number of pyridine rings is 2. The molecule has 0 radical (unpaired) electrons. The van der Waals surface area contributed by atoms with Crippen LogP contribution >= 0.6 is 0 Å². The first-order chi connectivity index (χ1) is 14.8. The second kappa shape index (κ2) is 7.55. The molecule has 5 aromatic rings. The van der Waals surface area contributed by atoms with Gasteiger partial charge in [-0.05, 0) is 42.8 Å². The van der Waals surface area contributed by atoms with Gasteiger partial charge in [-0.3, -0.25) is 9.97 Å². The molecule has 0 bridgehead atoms. The molecule has 6 heteroatoms. The van der Waals surface area contributed by atoms with Gasteiger partial charge in [-0.1, -0.05) is 25.5 Å². The van der Waals surface area contributed by atoms with Gasteiger partial charge >= 0.3 is 5.97 Å². The Morgan fingerprint density at radius 2 is 1.63 bits per heavy atom. The average molecular weight is 396 g/mol. The van der Waals surface area contributed by atoms with Gasteiger partial charge < -0.3 is 9.72 Å². The van der Waals surface area contributed by atoms with Gasteiger partial charge in [-0.15, -0.1) is 0 Å². The van der Waals surface area contributed by atoms with Gasteiger partial charge in [-0.25, -0.2) is 9.78 Å². The fraction of sp³-hybridized carbons (Fsp3) is 0.167. The maximum Gasteiger partial charge on any atom is 0.338 e. The smallest absolute Gasteiger partial charge is 0.338 e. The average Bonchev–Trinajstić information content (AvgIpc) is 3.25. The van der Waals surface area contributed by atoms with E-state index >= 15 is 0 Å². The lowest BCUT2D eigenvalue weighted by Crippen LogP contribution is -2.06. The fourth-order valence-corrected chi connectivity index (χ4v) is 3.64. The highest BCUT2D eigenvalue weighted by Crippen LogP contribution is 2.33. The number of benzene rings is 2. The minimum absolute atomic E-state index is 0.297. The number of unbranched alkanes of at least 4 members (excludes halogenated alkanes) is 1. The van der Waals surface area contributed by atoms with Crippen molar-refractivity contribution in [1.29, 1.82) is 0 Å². The Kier molecular flexibility index (Phi) is 4.59. The van der Waals surface area contributed by atoms with Crippen LogP contribution in [0.2, 0.25) is 0 Å². The zero-order chi connectivity index (χ0) is 20.5. The van der Waals surface area contributed by atoms with Crippen molar-refractivity contribution < 1.29 is 9.53 Å². The van der Waals surface area contributed by atoms with E-state index in [1.807, 2.05) is 36.4 Å². The van der Waals surface area contributed by atoms with Crippen LogP contribution in [0.15, 0.2) is 60.9 Å². The van der Waals surface area contributed by atoms with Crippen molar-refractivity contribution in [3.05, 3.63) is 66.5 Å². The number of rotatable bonds is 5. The van der Waals surface area contributed by atoms with E-state index in [4.69, 9.17) is 9.72 Å². The third-order valence-corrected chi connectivity index (χ3v) is 5.19. The van der Waals surface area contributed by atoms with E-state index in [9.17, 15) is 4.79 Å². The Balaban J connectivity index is 1.58. The van der Waals surface area contributed by atoms with Crippen molar-refractivity contribution in [2.45, 2.75) is 19.8 Å². The molecule has 30 heavy (non-hydrogen) atoms. The highest BCUT2D eigenvalue weighted by atomic mass is 16.5. The summed E-state index contributed by atoms with van der Waals surface area (Å²) in [6.07, 6.45) is 5.41. The first-order valence-electron chi connectivity index (χ1n) is 10.0. The molecule has 0 aliphatic heterocycles. The lowest BCUT2D eigenvalue weighted by Gasteiger charge is -2.04. The van der Waals surface area contributed by atoms with Crippen LogP contribution in [-0.4, -0.2) is 32.5 Å². The van der Waals surface area contributed by atoms with Crippen LogP contribution in [0.25, 0.3) is 44.2 Å². The van der Waals surface area contributed by atoms with Crippen LogP contribution in [0, 0.1) is 0 Å². The molecule has 1 N–H and O–H groups in total. The molecule has 148 valence electrons. The van der Waals surface area contributed by atoms with E-state index in [0.29, 0.717) is 12.2 Å². The van der Waals surface area contributed by atoms with E-state index in [0.717, 1.165) is 57.1 Å². The summed E-state index contributed by atoms with van der Waals surface area (Å²) in [5, 5.41) is 1.94. The van der Waals surface area contributed by atoms with Gasteiger partial charge in [0.2, 0.25) is 0 Å². The van der Waals surface area contributed by atoms with Crippen LogP contribution in [0.5, 0.6) is 0 Å². The number of ether oxygens (including phenoxy) is 1. The van der Waals surface area contributed by atoms with Crippen molar-refractivity contribution in [2.75, 3.05) is 6.61 Å². The third-order valence-electron chi connectivity index (χ3n) is 5.19. The monoisotopic (exact) mass is 396 g/mol. The number of aromatic amines is 1. The molecule has 3 heterocycles. The van der Waals surface area contributed by atoms with Gasteiger partial charge in [0.1, 0.15) is 5.82 Å². The summed E-state index contributed by atoms with van der Waals surface area (Å²) < 4.78 is 5.28. The molecule has 0 atom stereocenters. The zero-order valence-corrected chi connectivity index (χ0v) is 16.6. The fourth-order valence-electron chi connectivity index (χ4n) is 3.64. The van der Waals surface area contributed by atoms with Gasteiger partial charge in [0.05, 0.1) is 34.2 Å². The molecule has 6 nitrogen and oxygen atoms in total. The SMILES string of the molecule is CCCCOC(=O)c1ccc(-c2nc3c4cccnc4c4ncccc4c3[nH]2)cc1. The summed E-state index contributed by atoms with van der Waals surface area (Å²) in [5.74, 6) is 0.436. The van der Waals surface area contributed by atoms with Crippen LogP contribution in [-0.2, 0) is 4.74 Å². The number of imidazole rings is 1. The minimum atomic E-state index is -0.297. The molecule has 0 aliphatic rings. The first kappa shape index (κ1) is 18.2. The topological polar surface area (TPSA) is 80.8 Å². The van der Waals surface area contributed by atoms with Crippen LogP contribution in [0.3, 0.4) is 0 Å². The number of nitrogens with zero attached hydrogens (tertiary/aromatic N) is 3. The first-order valence-corrected chi connectivity index (χ1v) is 10.0. The summed E-state index contributed by atoms with van der Waals surface area (Å²) in [6, 6.07) is 15.2. The second-order valence-corrected chi connectivity index (χ2v) is 7.17. The Hall–Kier alpha value is -3.80. The number of hydrogen-bond donors (Lipinski definition) is 1. The quantitative estimate of drug-likeness (QED) is 0.248. The number of esters is 1. The molecule has 0 spiro atoms. The Morgan fingerprint density at radius 3 is 2.37 bits per heavy atom. The Labute approximate surface area is 173 Å². The number of aromatic nitrogens is 4. The van der Waals surface area contributed by atoms with Gasteiger partial charge in [0.15, 0.2) is 0 Å². The number of hydrogen-bond acceptors (Lipinski definition) is 5. The summed E-state index contributed by atoms with van der Waals surface area (Å²) in [4.78, 5) is 29.5. The molecule has 0 fully saturated rings. The highest BCUT2D eigenvalue weighted by molar-refractivity contribution is 6.21. The lowest BCUT2D eigenvalue weighted by atomic mass is 10.1. The molecule has 0 aliphatic carbocycles. The molecule has 2 aromatic carbocycles. The maximum atomic E-state index is 12.1. The largest absolute Gasteiger partial charge is 0.462 e. The molecule has 5 rings (SSSR count). The standard InChI is InChI=1S/C24H20N4O2/c1-2-3-14-30-24(29)16-10-8-15(9-11-16)23-27-21-17-6-4-12-25-19(17)20-18(22(21)28-23)7-5-13-26-20/h4-13H,2-3,14H2,1H3,(H,27,28). The molecule has 0 saturated carbocycles. The second-order valence-electron chi connectivity index (χ2n) is 7.17. The van der Waals surface area contributed by atoms with Gasteiger partial charge in [0.25, 0.3) is 0 Å². The van der Waals surface area contributed by atoms with Crippen molar-refractivity contribution in [2.24, 2.45) is 0 Å². The maximum absolute atomic E-state index is 12.1. The lowest BCUT2D eigenvalue weighted by molar-refractivity contribution is 0.0500. The summed E-state index contributed by atoms with van der Waals surface area (Å²) in [6.45, 7) is 2.51. The van der Waals surface area contributed by atoms with Crippen LogP contribution in [0.4, 0.5) is 0 Å². The number of carbonyl (C=O) groups is 1. The van der Waals surface area contributed by atoms with Crippen molar-refractivity contribution in [3.8, 4) is 11.4 Å². The summed E-state index contributed by atoms with van der Waals surface area (Å²) >= 11 is 0. The normalized spacial score (nSPS) is 11.4. The molecule has 0 unspecified atom stereocenters. The molecular weight excluding hydrogens is 376 g/mol. The third kappa shape index (κ3) is 3.06. The molecule has 0 saturated heterocycles. The number of nitrogens with one attached hydrogen (secondary N) is 1. The Morgan fingerprint density at radius 1 is 0.933 bits per heavy atom. The van der Waals surface area contributed by atoms with E-state index in [1.54, 1.807) is 24.5 Å². The number of fused-ring (bicyclic) bond motifs is 6. The zero-order valence-electron chi connectivity index (χ0n) is 16.6. The highest BCUT2D eigenvalue weighted by Gasteiger charge is 2.15. The van der Waals surface area contributed by atoms with Crippen LogP contribution < -0.4 is 0 Å². The van der Waals surface area contributed by atoms with E-state index < -0.39 is 0 Å². The van der Waals surface area contributed by atoms with Gasteiger partial charge in [0, 0.05) is 28.7 Å². The van der Waals surface area contributed by atoms with Crippen LogP contribution in [0.1, 0.15) is 30.1 Å². The predicted octanol–water partition coefficient (Wildman–Crippen LogP) is 5.28. The van der Waals surface area contributed by atoms with Crippen molar-refractivity contribution in [1.82, 2.24) is 19.9 Å². The van der Waals surface area contributed by atoms with Crippen molar-refractivity contribution in [3.63, 3.8) is 0 Å². The Bertz CT molecular complexity index is 1300. The predicted molar refractivity (Wildman–Crippen MR) is 117 cm³/mol. The molecule has 0 amide bonds. The number of H-pyrrole nitrogens is 1. The molecular formula is C24H20N4O2. The summed E-state index contributed by atoms with van der Waals surface area (Å²) in [7, 11) is 0. The molecule has 3 aromatic heterocycles. The van der Waals surface area contributed by atoms with E-state index in [2.05, 4.69) is 21.9 Å². The summed E-state index contributed by atoms with van der Waals surface area (Å²) in [5.41, 5.74) is 4.90. The van der Waals surface area contributed by atoms with E-state index in [1.165, 1.54) is 0 Å². The van der Waals surface area contributed by atoms with Gasteiger partial charge in [-0.2, -0.15) is 0 Å². The van der Waals surface area contributed by atoms with E-state index in [-0.39, 0.29) is 5.97 Å². The minimum Gasteiger partial charge on any atom is -0.462 e.